The Bertz CT molecular complexity index is 628. The number of anilines is 1. The van der Waals surface area contributed by atoms with Gasteiger partial charge in [0.2, 0.25) is 0 Å². The normalized spacial score (nSPS) is 12.5. The molecule has 0 saturated heterocycles. The Morgan fingerprint density at radius 1 is 1.38 bits per heavy atom. The average Bonchev–Trinajstić information content (AvgIpc) is 2.37. The second kappa shape index (κ2) is 7.04. The summed E-state index contributed by atoms with van der Waals surface area (Å²) >= 11 is 0. The maximum atomic E-state index is 12.0. The van der Waals surface area contributed by atoms with Crippen molar-refractivity contribution in [3.05, 3.63) is 29.8 Å². The first-order chi connectivity index (χ1) is 9.74. The Morgan fingerprint density at radius 3 is 2.52 bits per heavy atom. The molecule has 0 fully saturated rings. The van der Waals surface area contributed by atoms with Gasteiger partial charge in [0.1, 0.15) is 11.8 Å². The molecular formula is C12H16N2O6S. The third kappa shape index (κ3) is 5.40. The quantitative estimate of drug-likeness (QED) is 0.376. The van der Waals surface area contributed by atoms with Crippen LogP contribution in [0.1, 0.15) is 17.3 Å². The molecular weight excluding hydrogens is 300 g/mol. The number of esters is 1. The van der Waals surface area contributed by atoms with E-state index in [1.165, 1.54) is 19.1 Å². The van der Waals surface area contributed by atoms with Crippen LogP contribution in [0.2, 0.25) is 0 Å². The summed E-state index contributed by atoms with van der Waals surface area (Å²) in [4.78, 5) is 23.6. The number of rotatable bonds is 6. The number of carbonyl (C=O) groups excluding carboxylic acids is 2. The highest BCUT2D eigenvalue weighted by Gasteiger charge is 2.28. The highest BCUT2D eigenvalue weighted by Crippen LogP contribution is 2.10. The van der Waals surface area contributed by atoms with E-state index in [1.807, 2.05) is 0 Å². The number of para-hydroxylation sites is 1. The van der Waals surface area contributed by atoms with Crippen LogP contribution in [0.4, 0.5) is 5.69 Å². The molecule has 0 spiro atoms. The maximum Gasteiger partial charge on any atom is 0.329 e. The first-order valence-corrected chi connectivity index (χ1v) is 7.62. The molecule has 1 atom stereocenters. The van der Waals surface area contributed by atoms with Gasteiger partial charge in [-0.2, -0.15) is 8.42 Å². The number of hydrogen-bond acceptors (Lipinski definition) is 6. The van der Waals surface area contributed by atoms with Gasteiger partial charge in [-0.05, 0) is 19.1 Å². The summed E-state index contributed by atoms with van der Waals surface area (Å²) in [5.74, 6) is -2.68. The average molecular weight is 316 g/mol. The lowest BCUT2D eigenvalue weighted by molar-refractivity contribution is -0.144. The lowest BCUT2D eigenvalue weighted by atomic mass is 10.1. The van der Waals surface area contributed by atoms with Gasteiger partial charge in [-0.1, -0.05) is 12.1 Å². The predicted octanol–water partition coefficient (Wildman–Crippen LogP) is -0.182. The molecule has 0 bridgehead atoms. The van der Waals surface area contributed by atoms with Crippen LogP contribution < -0.4 is 11.1 Å². The van der Waals surface area contributed by atoms with Crippen LogP contribution in [0.5, 0.6) is 0 Å². The molecule has 116 valence electrons. The molecule has 0 radical (unpaired) electrons. The molecule has 8 nitrogen and oxygen atoms in total. The van der Waals surface area contributed by atoms with Crippen molar-refractivity contribution in [1.29, 1.82) is 0 Å². The zero-order valence-corrected chi connectivity index (χ0v) is 12.1. The molecule has 0 aliphatic carbocycles. The molecule has 0 heterocycles. The van der Waals surface area contributed by atoms with Gasteiger partial charge in [0.05, 0.1) is 12.2 Å². The number of ether oxygens (including phenoxy) is 1. The SMILES string of the molecule is CCOC(=O)[C@H](CS(=O)(=O)O)NC(=O)c1ccccc1N. The van der Waals surface area contributed by atoms with E-state index >= 15 is 0 Å². The summed E-state index contributed by atoms with van der Waals surface area (Å²) in [7, 11) is -4.47. The number of amides is 1. The number of nitrogen functional groups attached to an aromatic ring is 1. The molecule has 0 aliphatic heterocycles. The topological polar surface area (TPSA) is 136 Å². The zero-order chi connectivity index (χ0) is 16.0. The maximum absolute atomic E-state index is 12.0. The van der Waals surface area contributed by atoms with E-state index < -0.39 is 33.8 Å². The number of carbonyl (C=O) groups is 2. The van der Waals surface area contributed by atoms with Gasteiger partial charge in [-0.25, -0.2) is 4.79 Å². The molecule has 1 rings (SSSR count). The van der Waals surface area contributed by atoms with Crippen molar-refractivity contribution in [3.63, 3.8) is 0 Å². The Hall–Kier alpha value is -2.13. The minimum atomic E-state index is -4.47. The van der Waals surface area contributed by atoms with Gasteiger partial charge in [0.15, 0.2) is 0 Å². The molecule has 0 aliphatic rings. The zero-order valence-electron chi connectivity index (χ0n) is 11.3. The highest BCUT2D eigenvalue weighted by molar-refractivity contribution is 7.85. The fourth-order valence-electron chi connectivity index (χ4n) is 1.56. The summed E-state index contributed by atoms with van der Waals surface area (Å²) < 4.78 is 35.3. The van der Waals surface area contributed by atoms with Gasteiger partial charge in [-0.15, -0.1) is 0 Å². The number of nitrogens with two attached hydrogens (primary N) is 1. The van der Waals surface area contributed by atoms with Crippen LogP contribution in [-0.4, -0.2) is 43.2 Å². The van der Waals surface area contributed by atoms with Crippen LogP contribution in [0.25, 0.3) is 0 Å². The van der Waals surface area contributed by atoms with Crippen LogP contribution in [0.3, 0.4) is 0 Å². The predicted molar refractivity (Wildman–Crippen MR) is 75.2 cm³/mol. The largest absolute Gasteiger partial charge is 0.464 e. The Balaban J connectivity index is 2.93. The van der Waals surface area contributed by atoms with Gasteiger partial charge in [-0.3, -0.25) is 9.35 Å². The van der Waals surface area contributed by atoms with Crippen LogP contribution in [-0.2, 0) is 19.6 Å². The first kappa shape index (κ1) is 16.9. The lowest BCUT2D eigenvalue weighted by Gasteiger charge is -2.16. The molecule has 0 unspecified atom stereocenters. The number of hydrogen-bond donors (Lipinski definition) is 3. The second-order valence-corrected chi connectivity index (χ2v) is 5.61. The second-order valence-electron chi connectivity index (χ2n) is 4.11. The summed E-state index contributed by atoms with van der Waals surface area (Å²) in [5.41, 5.74) is 5.87. The van der Waals surface area contributed by atoms with Gasteiger partial charge in [0.25, 0.3) is 16.0 Å². The molecule has 1 amide bonds. The molecule has 0 aromatic heterocycles. The van der Waals surface area contributed by atoms with Crippen molar-refractivity contribution < 1.29 is 27.3 Å². The third-order valence-electron chi connectivity index (χ3n) is 2.46. The van der Waals surface area contributed by atoms with Gasteiger partial charge < -0.3 is 15.8 Å². The summed E-state index contributed by atoms with van der Waals surface area (Å²) in [5, 5.41) is 2.18. The molecule has 1 aromatic rings. The van der Waals surface area contributed by atoms with Crippen molar-refractivity contribution in [2.24, 2.45) is 0 Å². The van der Waals surface area contributed by atoms with Crippen LogP contribution >= 0.6 is 0 Å². The summed E-state index contributed by atoms with van der Waals surface area (Å²) in [6.07, 6.45) is 0. The Morgan fingerprint density at radius 2 is 2.00 bits per heavy atom. The smallest absolute Gasteiger partial charge is 0.329 e. The number of nitrogens with one attached hydrogen (secondary N) is 1. The van der Waals surface area contributed by atoms with E-state index in [-0.39, 0.29) is 17.9 Å². The highest BCUT2D eigenvalue weighted by atomic mass is 32.2. The van der Waals surface area contributed by atoms with Crippen LogP contribution in [0.15, 0.2) is 24.3 Å². The van der Waals surface area contributed by atoms with E-state index in [2.05, 4.69) is 10.1 Å². The van der Waals surface area contributed by atoms with Crippen molar-refractivity contribution in [2.45, 2.75) is 13.0 Å². The van der Waals surface area contributed by atoms with Crippen molar-refractivity contribution >= 4 is 27.7 Å². The van der Waals surface area contributed by atoms with Gasteiger partial charge >= 0.3 is 5.97 Å². The third-order valence-corrected chi connectivity index (χ3v) is 3.21. The van der Waals surface area contributed by atoms with E-state index in [0.29, 0.717) is 0 Å². The van der Waals surface area contributed by atoms with Crippen molar-refractivity contribution in [3.8, 4) is 0 Å². The fourth-order valence-corrected chi connectivity index (χ4v) is 2.20. The van der Waals surface area contributed by atoms with E-state index in [0.717, 1.165) is 0 Å². The minimum absolute atomic E-state index is 0.00412. The minimum Gasteiger partial charge on any atom is -0.464 e. The number of benzene rings is 1. The molecule has 1 aromatic carbocycles. The molecule has 21 heavy (non-hydrogen) atoms. The molecule has 9 heteroatoms. The van der Waals surface area contributed by atoms with Crippen molar-refractivity contribution in [2.75, 3.05) is 18.1 Å². The van der Waals surface area contributed by atoms with Crippen molar-refractivity contribution in [1.82, 2.24) is 5.32 Å². The summed E-state index contributed by atoms with van der Waals surface area (Å²) in [6, 6.07) is 4.56. The van der Waals surface area contributed by atoms with Gasteiger partial charge in [0, 0.05) is 5.69 Å². The summed E-state index contributed by atoms with van der Waals surface area (Å²) in [6.45, 7) is 1.53. The lowest BCUT2D eigenvalue weighted by Crippen LogP contribution is -2.46. The molecule has 4 N–H and O–H groups in total. The van der Waals surface area contributed by atoms with E-state index in [4.69, 9.17) is 10.3 Å². The first-order valence-electron chi connectivity index (χ1n) is 6.01. The van der Waals surface area contributed by atoms with Crippen LogP contribution in [0, 0.1) is 0 Å². The Labute approximate surface area is 122 Å². The molecule has 0 saturated carbocycles. The van der Waals surface area contributed by atoms with E-state index in [1.54, 1.807) is 12.1 Å². The standard InChI is InChI=1S/C12H16N2O6S/c1-2-20-12(16)10(7-21(17,18)19)14-11(15)8-5-3-4-6-9(8)13/h3-6,10H,2,7,13H2,1H3,(H,14,15)(H,17,18,19)/t10-/m0/s1. The monoisotopic (exact) mass is 316 g/mol. The fraction of sp³-hybridized carbons (Fsp3) is 0.333. The van der Waals surface area contributed by atoms with E-state index in [9.17, 15) is 18.0 Å². The Kier molecular flexibility index (Phi) is 5.68.